The number of hydrogen-bond donors (Lipinski definition) is 1. The molecule has 0 saturated heterocycles. The molecule has 5 nitrogen and oxygen atoms in total. The highest BCUT2D eigenvalue weighted by molar-refractivity contribution is 6.31. The second-order valence-corrected chi connectivity index (χ2v) is 4.07. The molecular formula is C11H6Cl2N2O3. The van der Waals surface area contributed by atoms with E-state index in [2.05, 4.69) is 9.97 Å². The fourth-order valence-corrected chi connectivity index (χ4v) is 1.54. The molecule has 0 aliphatic heterocycles. The van der Waals surface area contributed by atoms with Gasteiger partial charge in [-0.1, -0.05) is 23.2 Å². The largest absolute Gasteiger partial charge is 0.478 e. The lowest BCUT2D eigenvalue weighted by molar-refractivity contribution is 0.0694. The molecule has 2 rings (SSSR count). The fourth-order valence-electron chi connectivity index (χ4n) is 1.24. The van der Waals surface area contributed by atoms with Crippen LogP contribution in [0, 0.1) is 0 Å². The Morgan fingerprint density at radius 3 is 2.78 bits per heavy atom. The molecule has 18 heavy (non-hydrogen) atoms. The number of carboxylic acid groups (broad SMARTS) is 1. The van der Waals surface area contributed by atoms with Crippen molar-refractivity contribution in [3.8, 4) is 11.6 Å². The average molecular weight is 285 g/mol. The number of nitrogens with zero attached hydrogens (tertiary/aromatic N) is 2. The molecule has 1 N–H and O–H groups in total. The first kappa shape index (κ1) is 12.6. The quantitative estimate of drug-likeness (QED) is 0.936. The summed E-state index contributed by atoms with van der Waals surface area (Å²) >= 11 is 11.6. The highest BCUT2D eigenvalue weighted by atomic mass is 35.5. The zero-order valence-electron chi connectivity index (χ0n) is 8.80. The van der Waals surface area contributed by atoms with Crippen LogP contribution in [0.15, 0.2) is 30.7 Å². The lowest BCUT2D eigenvalue weighted by Crippen LogP contribution is -2.00. The van der Waals surface area contributed by atoms with Gasteiger partial charge in [-0.05, 0) is 12.1 Å². The molecule has 1 aromatic heterocycles. The van der Waals surface area contributed by atoms with Crippen molar-refractivity contribution in [2.45, 2.75) is 0 Å². The Hall–Kier alpha value is -1.85. The minimum Gasteiger partial charge on any atom is -0.478 e. The van der Waals surface area contributed by atoms with E-state index < -0.39 is 5.97 Å². The van der Waals surface area contributed by atoms with Crippen LogP contribution in [-0.4, -0.2) is 21.0 Å². The predicted octanol–water partition coefficient (Wildman–Crippen LogP) is 3.27. The van der Waals surface area contributed by atoms with Gasteiger partial charge < -0.3 is 9.84 Å². The van der Waals surface area contributed by atoms with Gasteiger partial charge in [-0.2, -0.15) is 0 Å². The zero-order chi connectivity index (χ0) is 13.1. The molecule has 0 atom stereocenters. The van der Waals surface area contributed by atoms with Gasteiger partial charge in [0, 0.05) is 11.1 Å². The Labute approximate surface area is 112 Å². The third kappa shape index (κ3) is 2.69. The minimum absolute atomic E-state index is 0.0333. The second kappa shape index (κ2) is 5.20. The SMILES string of the molecule is O=C(O)c1ccc(Cl)cc1Oc1ncncc1Cl. The molecule has 1 heterocycles. The van der Waals surface area contributed by atoms with E-state index in [0.717, 1.165) is 0 Å². The molecule has 0 unspecified atom stereocenters. The Bertz CT molecular complexity index is 605. The van der Waals surface area contributed by atoms with Crippen LogP contribution in [0.25, 0.3) is 0 Å². The summed E-state index contributed by atoms with van der Waals surface area (Å²) in [5.74, 6) is -1.00. The predicted molar refractivity (Wildman–Crippen MR) is 65.5 cm³/mol. The zero-order valence-corrected chi connectivity index (χ0v) is 10.3. The Morgan fingerprint density at radius 2 is 2.11 bits per heavy atom. The molecule has 0 bridgehead atoms. The molecule has 7 heteroatoms. The number of hydrogen-bond acceptors (Lipinski definition) is 4. The van der Waals surface area contributed by atoms with Crippen molar-refractivity contribution in [3.63, 3.8) is 0 Å². The normalized spacial score (nSPS) is 10.1. The Morgan fingerprint density at radius 1 is 1.33 bits per heavy atom. The van der Waals surface area contributed by atoms with Crippen LogP contribution in [0.5, 0.6) is 11.6 Å². The summed E-state index contributed by atoms with van der Waals surface area (Å²) in [7, 11) is 0. The van der Waals surface area contributed by atoms with Crippen molar-refractivity contribution in [1.82, 2.24) is 9.97 Å². The highest BCUT2D eigenvalue weighted by Crippen LogP contribution is 2.30. The number of halogens is 2. The van der Waals surface area contributed by atoms with Crippen LogP contribution in [0.2, 0.25) is 10.0 Å². The second-order valence-electron chi connectivity index (χ2n) is 3.22. The first-order chi connectivity index (χ1) is 8.58. The number of benzene rings is 1. The molecule has 0 amide bonds. The molecule has 0 aliphatic carbocycles. The first-order valence-corrected chi connectivity index (χ1v) is 5.49. The van der Waals surface area contributed by atoms with Gasteiger partial charge in [0.25, 0.3) is 0 Å². The lowest BCUT2D eigenvalue weighted by Gasteiger charge is -2.08. The van der Waals surface area contributed by atoms with Gasteiger partial charge in [-0.25, -0.2) is 14.8 Å². The Balaban J connectivity index is 2.42. The molecule has 0 radical (unpaired) electrons. The van der Waals surface area contributed by atoms with Crippen LogP contribution in [-0.2, 0) is 0 Å². The molecule has 1 aromatic carbocycles. The van der Waals surface area contributed by atoms with Crippen molar-refractivity contribution in [2.24, 2.45) is 0 Å². The molecule has 0 aliphatic rings. The van der Waals surface area contributed by atoms with Crippen LogP contribution < -0.4 is 4.74 Å². The number of carboxylic acids is 1. The summed E-state index contributed by atoms with van der Waals surface area (Å²) in [5.41, 5.74) is -0.0333. The van der Waals surface area contributed by atoms with E-state index in [4.69, 9.17) is 33.0 Å². The lowest BCUT2D eigenvalue weighted by atomic mass is 10.2. The highest BCUT2D eigenvalue weighted by Gasteiger charge is 2.14. The van der Waals surface area contributed by atoms with Crippen LogP contribution in [0.3, 0.4) is 0 Å². The number of aromatic carboxylic acids is 1. The summed E-state index contributed by atoms with van der Waals surface area (Å²) < 4.78 is 5.33. The summed E-state index contributed by atoms with van der Waals surface area (Å²) in [6.45, 7) is 0. The number of ether oxygens (including phenoxy) is 1. The number of aromatic nitrogens is 2. The maximum atomic E-state index is 11.0. The third-order valence-electron chi connectivity index (χ3n) is 2.01. The topological polar surface area (TPSA) is 72.3 Å². The van der Waals surface area contributed by atoms with E-state index in [1.165, 1.54) is 30.7 Å². The molecule has 0 fully saturated rings. The molecule has 0 saturated carbocycles. The van der Waals surface area contributed by atoms with Crippen molar-refractivity contribution in [1.29, 1.82) is 0 Å². The average Bonchev–Trinajstić information content (AvgIpc) is 2.32. The van der Waals surface area contributed by atoms with Gasteiger partial charge in [0.2, 0.25) is 5.88 Å². The van der Waals surface area contributed by atoms with E-state index in [-0.39, 0.29) is 22.2 Å². The van der Waals surface area contributed by atoms with E-state index in [1.54, 1.807) is 0 Å². The van der Waals surface area contributed by atoms with Gasteiger partial charge in [-0.3, -0.25) is 0 Å². The minimum atomic E-state index is -1.13. The number of carbonyl (C=O) groups is 1. The summed E-state index contributed by atoms with van der Waals surface area (Å²) in [6, 6.07) is 4.18. The maximum absolute atomic E-state index is 11.0. The summed E-state index contributed by atoms with van der Waals surface area (Å²) in [4.78, 5) is 18.5. The molecule has 2 aromatic rings. The van der Waals surface area contributed by atoms with Crippen LogP contribution in [0.1, 0.15) is 10.4 Å². The maximum Gasteiger partial charge on any atom is 0.339 e. The van der Waals surface area contributed by atoms with E-state index in [0.29, 0.717) is 5.02 Å². The smallest absolute Gasteiger partial charge is 0.339 e. The van der Waals surface area contributed by atoms with E-state index in [9.17, 15) is 4.79 Å². The van der Waals surface area contributed by atoms with Gasteiger partial charge in [0.05, 0.1) is 6.20 Å². The van der Waals surface area contributed by atoms with Crippen LogP contribution in [0.4, 0.5) is 0 Å². The van der Waals surface area contributed by atoms with Gasteiger partial charge in [0.15, 0.2) is 0 Å². The van der Waals surface area contributed by atoms with Crippen LogP contribution >= 0.6 is 23.2 Å². The molecule has 0 spiro atoms. The summed E-state index contributed by atoms with van der Waals surface area (Å²) in [6.07, 6.45) is 2.58. The fraction of sp³-hybridized carbons (Fsp3) is 0. The number of rotatable bonds is 3. The monoisotopic (exact) mass is 284 g/mol. The van der Waals surface area contributed by atoms with Gasteiger partial charge in [-0.15, -0.1) is 0 Å². The molecular weight excluding hydrogens is 279 g/mol. The van der Waals surface area contributed by atoms with Crippen molar-refractivity contribution < 1.29 is 14.6 Å². The van der Waals surface area contributed by atoms with Gasteiger partial charge >= 0.3 is 5.97 Å². The van der Waals surface area contributed by atoms with Crippen molar-refractivity contribution in [2.75, 3.05) is 0 Å². The van der Waals surface area contributed by atoms with E-state index >= 15 is 0 Å². The van der Waals surface area contributed by atoms with Gasteiger partial charge in [0.1, 0.15) is 22.7 Å². The van der Waals surface area contributed by atoms with Crippen molar-refractivity contribution >= 4 is 29.2 Å². The Kier molecular flexibility index (Phi) is 3.64. The summed E-state index contributed by atoms with van der Waals surface area (Å²) in [5, 5.41) is 9.54. The molecule has 92 valence electrons. The van der Waals surface area contributed by atoms with Crippen molar-refractivity contribution in [3.05, 3.63) is 46.3 Å². The van der Waals surface area contributed by atoms with E-state index in [1.807, 2.05) is 0 Å². The standard InChI is InChI=1S/C11H6Cl2N2O3/c12-6-1-2-7(11(16)17)9(3-6)18-10-8(13)4-14-5-15-10/h1-5H,(H,16,17). The third-order valence-corrected chi connectivity index (χ3v) is 2.51. The first-order valence-electron chi connectivity index (χ1n) is 4.74.